The Labute approximate surface area is 152 Å². The first-order chi connectivity index (χ1) is 12.8. The van der Waals surface area contributed by atoms with E-state index in [1.165, 1.54) is 19.2 Å². The predicted molar refractivity (Wildman–Crippen MR) is 93.1 cm³/mol. The van der Waals surface area contributed by atoms with Gasteiger partial charge in [-0.3, -0.25) is 14.7 Å². The van der Waals surface area contributed by atoms with Crippen molar-refractivity contribution in [1.82, 2.24) is 15.1 Å². The zero-order valence-corrected chi connectivity index (χ0v) is 14.2. The normalized spacial score (nSPS) is 11.4. The third kappa shape index (κ3) is 3.91. The van der Waals surface area contributed by atoms with Crippen molar-refractivity contribution in [3.8, 4) is 0 Å². The molecule has 0 aliphatic heterocycles. The van der Waals surface area contributed by atoms with Crippen LogP contribution in [-0.4, -0.2) is 40.5 Å². The van der Waals surface area contributed by atoms with Crippen LogP contribution < -0.4 is 5.32 Å². The first-order valence-electron chi connectivity index (χ1n) is 7.91. The van der Waals surface area contributed by atoms with Crippen LogP contribution in [0.2, 0.25) is 0 Å². The van der Waals surface area contributed by atoms with E-state index in [1.54, 1.807) is 24.4 Å². The van der Waals surface area contributed by atoms with Crippen LogP contribution in [0.5, 0.6) is 0 Å². The van der Waals surface area contributed by atoms with Crippen molar-refractivity contribution in [3.63, 3.8) is 0 Å². The van der Waals surface area contributed by atoms with E-state index < -0.39 is 30.1 Å². The van der Waals surface area contributed by atoms with Gasteiger partial charge in [0.1, 0.15) is 0 Å². The quantitative estimate of drug-likeness (QED) is 0.734. The highest BCUT2D eigenvalue weighted by molar-refractivity contribution is 6.06. The molecule has 0 saturated heterocycles. The van der Waals surface area contributed by atoms with Gasteiger partial charge in [0.15, 0.2) is 0 Å². The molecule has 1 aromatic heterocycles. The fourth-order valence-electron chi connectivity index (χ4n) is 2.67. The molecule has 6 nitrogen and oxygen atoms in total. The lowest BCUT2D eigenvalue weighted by atomic mass is 10.1. The maximum absolute atomic E-state index is 13.0. The van der Waals surface area contributed by atoms with Gasteiger partial charge in [-0.25, -0.2) is 0 Å². The highest BCUT2D eigenvalue weighted by atomic mass is 19.4. The van der Waals surface area contributed by atoms with Gasteiger partial charge >= 0.3 is 6.18 Å². The van der Waals surface area contributed by atoms with Crippen molar-refractivity contribution in [2.45, 2.75) is 6.18 Å². The minimum absolute atomic E-state index is 0.316. The number of aromatic nitrogens is 2. The summed E-state index contributed by atoms with van der Waals surface area (Å²) in [5.74, 6) is -1.19. The van der Waals surface area contributed by atoms with Gasteiger partial charge in [-0.15, -0.1) is 0 Å². The van der Waals surface area contributed by atoms with Crippen LogP contribution in [0.15, 0.2) is 48.7 Å². The number of anilines is 1. The largest absolute Gasteiger partial charge is 0.418 e. The monoisotopic (exact) mass is 376 g/mol. The Balaban J connectivity index is 1.73. The number of nitrogens with one attached hydrogen (secondary N) is 2. The first-order valence-corrected chi connectivity index (χ1v) is 7.91. The number of para-hydroxylation sites is 2. The molecule has 0 aliphatic carbocycles. The van der Waals surface area contributed by atoms with Crippen molar-refractivity contribution in [2.24, 2.45) is 0 Å². The summed E-state index contributed by atoms with van der Waals surface area (Å²) in [6, 6.07) is 9.69. The number of nitrogens with zero attached hydrogens (tertiary/aromatic N) is 2. The average Bonchev–Trinajstić information content (AvgIpc) is 3.09. The number of carbonyl (C=O) groups excluding carboxylic acids is 2. The molecule has 0 spiro atoms. The Morgan fingerprint density at radius 3 is 2.63 bits per heavy atom. The van der Waals surface area contributed by atoms with Crippen molar-refractivity contribution in [3.05, 3.63) is 59.8 Å². The van der Waals surface area contributed by atoms with Crippen LogP contribution in [0.4, 0.5) is 18.9 Å². The van der Waals surface area contributed by atoms with Crippen LogP contribution in [0.25, 0.3) is 10.9 Å². The van der Waals surface area contributed by atoms with Crippen molar-refractivity contribution >= 4 is 28.4 Å². The zero-order valence-electron chi connectivity index (χ0n) is 14.2. The number of fused-ring (bicyclic) bond motifs is 1. The number of alkyl halides is 3. The van der Waals surface area contributed by atoms with E-state index in [0.29, 0.717) is 11.1 Å². The second-order valence-corrected chi connectivity index (χ2v) is 5.89. The minimum atomic E-state index is -4.60. The lowest BCUT2D eigenvalue weighted by Gasteiger charge is -2.18. The zero-order chi connectivity index (χ0) is 19.6. The summed E-state index contributed by atoms with van der Waals surface area (Å²) in [6.07, 6.45) is -3.03. The maximum Gasteiger partial charge on any atom is 0.418 e. The smallest absolute Gasteiger partial charge is 0.332 e. The Kier molecular flexibility index (Phi) is 4.85. The summed E-state index contributed by atoms with van der Waals surface area (Å²) in [6.45, 7) is -0.407. The topological polar surface area (TPSA) is 78.1 Å². The lowest BCUT2D eigenvalue weighted by molar-refractivity contribution is -0.137. The molecule has 0 fully saturated rings. The van der Waals surface area contributed by atoms with Crippen LogP contribution >= 0.6 is 0 Å². The van der Waals surface area contributed by atoms with Crippen LogP contribution in [0.1, 0.15) is 15.9 Å². The number of H-pyrrole nitrogens is 1. The Bertz CT molecular complexity index is 997. The predicted octanol–water partition coefficient (Wildman–Crippen LogP) is 3.29. The molecule has 0 aliphatic rings. The van der Waals surface area contributed by atoms with E-state index in [1.807, 2.05) is 0 Å². The van der Waals surface area contributed by atoms with Crippen molar-refractivity contribution in [1.29, 1.82) is 0 Å². The number of amides is 2. The second-order valence-electron chi connectivity index (χ2n) is 5.89. The molecule has 9 heteroatoms. The minimum Gasteiger partial charge on any atom is -0.332 e. The fraction of sp³-hybridized carbons (Fsp3) is 0.167. The SMILES string of the molecule is CN(CC(=O)Nc1ccccc1C(F)(F)F)C(=O)c1cccc2cn[nH]c12. The summed E-state index contributed by atoms with van der Waals surface area (Å²) < 4.78 is 39.0. The summed E-state index contributed by atoms with van der Waals surface area (Å²) in [5, 5.41) is 9.54. The Morgan fingerprint density at radius 1 is 1.15 bits per heavy atom. The van der Waals surface area contributed by atoms with E-state index in [4.69, 9.17) is 0 Å². The van der Waals surface area contributed by atoms with E-state index in [9.17, 15) is 22.8 Å². The number of carbonyl (C=O) groups is 2. The highest BCUT2D eigenvalue weighted by Gasteiger charge is 2.33. The highest BCUT2D eigenvalue weighted by Crippen LogP contribution is 2.34. The molecule has 3 aromatic rings. The molecule has 3 rings (SSSR count). The molecule has 27 heavy (non-hydrogen) atoms. The molecule has 140 valence electrons. The molecule has 2 aromatic carbocycles. The van der Waals surface area contributed by atoms with Crippen molar-refractivity contribution < 1.29 is 22.8 Å². The number of hydrogen-bond donors (Lipinski definition) is 2. The number of aromatic amines is 1. The number of hydrogen-bond acceptors (Lipinski definition) is 3. The van der Waals surface area contributed by atoms with Gasteiger partial charge in [-0.05, 0) is 18.2 Å². The molecule has 1 heterocycles. The van der Waals surface area contributed by atoms with Crippen LogP contribution in [-0.2, 0) is 11.0 Å². The number of halogens is 3. The standard InChI is InChI=1S/C18H15F3N4O2/c1-25(17(27)12-6-4-5-11-9-22-24-16(11)12)10-15(26)23-14-8-3-2-7-13(14)18(19,20)21/h2-9H,10H2,1H3,(H,22,24)(H,23,26). The first kappa shape index (κ1) is 18.4. The maximum atomic E-state index is 13.0. The third-order valence-electron chi connectivity index (χ3n) is 3.94. The summed E-state index contributed by atoms with van der Waals surface area (Å²) in [4.78, 5) is 25.9. The summed E-state index contributed by atoms with van der Waals surface area (Å²) in [7, 11) is 1.40. The lowest BCUT2D eigenvalue weighted by Crippen LogP contribution is -2.35. The number of rotatable bonds is 4. The van der Waals surface area contributed by atoms with Gasteiger partial charge in [0.05, 0.1) is 35.1 Å². The van der Waals surface area contributed by atoms with Gasteiger partial charge in [0.25, 0.3) is 5.91 Å². The number of benzene rings is 2. The third-order valence-corrected chi connectivity index (χ3v) is 3.94. The molecule has 0 radical (unpaired) electrons. The molecule has 0 saturated carbocycles. The van der Waals surface area contributed by atoms with E-state index in [0.717, 1.165) is 22.4 Å². The molecular weight excluding hydrogens is 361 g/mol. The molecule has 0 atom stereocenters. The molecule has 2 amide bonds. The molecular formula is C18H15F3N4O2. The summed E-state index contributed by atoms with van der Waals surface area (Å²) in [5.41, 5.74) is -0.464. The molecule has 0 unspecified atom stereocenters. The van der Waals surface area contributed by atoms with Crippen LogP contribution in [0, 0.1) is 0 Å². The average molecular weight is 376 g/mol. The number of likely N-dealkylation sites (N-methyl/N-ethyl adjacent to an activating group) is 1. The van der Waals surface area contributed by atoms with E-state index >= 15 is 0 Å². The van der Waals surface area contributed by atoms with E-state index in [2.05, 4.69) is 15.5 Å². The van der Waals surface area contributed by atoms with Gasteiger partial charge < -0.3 is 10.2 Å². The van der Waals surface area contributed by atoms with Gasteiger partial charge in [0, 0.05) is 12.4 Å². The van der Waals surface area contributed by atoms with Crippen molar-refractivity contribution in [2.75, 3.05) is 18.9 Å². The second kappa shape index (κ2) is 7.10. The fourth-order valence-corrected chi connectivity index (χ4v) is 2.67. The summed E-state index contributed by atoms with van der Waals surface area (Å²) >= 11 is 0. The van der Waals surface area contributed by atoms with Gasteiger partial charge in [0.2, 0.25) is 5.91 Å². The molecule has 0 bridgehead atoms. The Hall–Kier alpha value is -3.36. The molecule has 2 N–H and O–H groups in total. The van der Waals surface area contributed by atoms with Gasteiger partial charge in [-0.2, -0.15) is 18.3 Å². The van der Waals surface area contributed by atoms with Crippen LogP contribution in [0.3, 0.4) is 0 Å². The Morgan fingerprint density at radius 2 is 1.89 bits per heavy atom. The van der Waals surface area contributed by atoms with E-state index in [-0.39, 0.29) is 5.69 Å². The van der Waals surface area contributed by atoms with Gasteiger partial charge in [-0.1, -0.05) is 24.3 Å².